The van der Waals surface area contributed by atoms with Gasteiger partial charge in [-0.3, -0.25) is 4.79 Å². The minimum absolute atomic E-state index is 0.159. The summed E-state index contributed by atoms with van der Waals surface area (Å²) in [6.07, 6.45) is 8.01. The highest BCUT2D eigenvalue weighted by Gasteiger charge is 2.20. The summed E-state index contributed by atoms with van der Waals surface area (Å²) in [6.45, 7) is 3.50. The lowest BCUT2D eigenvalue weighted by Crippen LogP contribution is -2.37. The van der Waals surface area contributed by atoms with Gasteiger partial charge >= 0.3 is 0 Å². The van der Waals surface area contributed by atoms with Crippen LogP contribution in [0.15, 0.2) is 0 Å². The highest BCUT2D eigenvalue weighted by Crippen LogP contribution is 2.26. The molecule has 0 aromatic rings. The van der Waals surface area contributed by atoms with Crippen molar-refractivity contribution in [2.75, 3.05) is 19.3 Å². The number of carbonyl (C=O) groups is 1. The third kappa shape index (κ3) is 5.21. The molecule has 1 aliphatic rings. The van der Waals surface area contributed by atoms with Gasteiger partial charge in [0.25, 0.3) is 0 Å². The average Bonchev–Trinajstić information content (AvgIpc) is 2.30. The number of hydrogen-bond acceptors (Lipinski definition) is 3. The number of nitrogens with one attached hydrogen (secondary N) is 2. The molecule has 1 fully saturated rings. The summed E-state index contributed by atoms with van der Waals surface area (Å²) in [6, 6.07) is 0.626. The number of thioether (sulfide) groups is 1. The van der Waals surface area contributed by atoms with Crippen molar-refractivity contribution in [2.45, 2.75) is 50.3 Å². The van der Waals surface area contributed by atoms with Gasteiger partial charge in [0.05, 0.1) is 0 Å². The second-order valence-corrected chi connectivity index (χ2v) is 5.52. The van der Waals surface area contributed by atoms with Crippen LogP contribution in [0.1, 0.15) is 39.0 Å². The van der Waals surface area contributed by atoms with E-state index in [9.17, 15) is 4.79 Å². The van der Waals surface area contributed by atoms with Gasteiger partial charge in [0.1, 0.15) is 0 Å². The third-order valence-electron chi connectivity index (χ3n) is 3.12. The van der Waals surface area contributed by atoms with Gasteiger partial charge in [-0.25, -0.2) is 0 Å². The van der Waals surface area contributed by atoms with E-state index in [2.05, 4.69) is 16.9 Å². The lowest BCUT2D eigenvalue weighted by molar-refractivity contribution is -0.120. The molecular formula is C12H24N2OS. The van der Waals surface area contributed by atoms with Gasteiger partial charge in [-0.1, -0.05) is 6.42 Å². The van der Waals surface area contributed by atoms with Crippen molar-refractivity contribution in [2.24, 2.45) is 0 Å². The van der Waals surface area contributed by atoms with Crippen molar-refractivity contribution in [3.05, 3.63) is 0 Å². The molecule has 0 spiro atoms. The molecular weight excluding hydrogens is 220 g/mol. The van der Waals surface area contributed by atoms with Crippen LogP contribution in [-0.2, 0) is 4.79 Å². The fraction of sp³-hybridized carbons (Fsp3) is 0.917. The number of amides is 1. The first-order valence-corrected chi connectivity index (χ1v) is 7.58. The van der Waals surface area contributed by atoms with E-state index in [0.29, 0.717) is 12.5 Å². The van der Waals surface area contributed by atoms with Crippen LogP contribution >= 0.6 is 11.8 Å². The van der Waals surface area contributed by atoms with E-state index >= 15 is 0 Å². The molecule has 1 aliphatic carbocycles. The molecule has 0 saturated heterocycles. The highest BCUT2D eigenvalue weighted by atomic mass is 32.2. The molecule has 1 saturated carbocycles. The standard InChI is InChI=1S/C12H24N2OS/c1-3-13-12(15)7-8-14-10-5-4-6-11(9-10)16-2/h10-11,14H,3-9H2,1-2H3,(H,13,15). The van der Waals surface area contributed by atoms with Crippen LogP contribution in [0, 0.1) is 0 Å². The zero-order valence-corrected chi connectivity index (χ0v) is 11.2. The summed E-state index contributed by atoms with van der Waals surface area (Å²) in [5.41, 5.74) is 0. The molecule has 2 unspecified atom stereocenters. The van der Waals surface area contributed by atoms with E-state index in [1.54, 1.807) is 0 Å². The Morgan fingerprint density at radius 3 is 2.94 bits per heavy atom. The maximum Gasteiger partial charge on any atom is 0.221 e. The van der Waals surface area contributed by atoms with Crippen LogP contribution in [0.25, 0.3) is 0 Å². The minimum atomic E-state index is 0.159. The van der Waals surface area contributed by atoms with Crippen molar-refractivity contribution >= 4 is 17.7 Å². The fourth-order valence-corrected chi connectivity index (χ4v) is 3.05. The molecule has 0 aliphatic heterocycles. The third-order valence-corrected chi connectivity index (χ3v) is 4.21. The molecule has 16 heavy (non-hydrogen) atoms. The van der Waals surface area contributed by atoms with Crippen LogP contribution in [0.3, 0.4) is 0 Å². The molecule has 94 valence electrons. The number of rotatable bonds is 6. The molecule has 1 rings (SSSR count). The second kappa shape index (κ2) is 7.96. The summed E-state index contributed by atoms with van der Waals surface area (Å²) >= 11 is 1.98. The maximum atomic E-state index is 11.3. The first kappa shape index (κ1) is 13.8. The van der Waals surface area contributed by atoms with Gasteiger partial charge in [0.15, 0.2) is 0 Å². The van der Waals surface area contributed by atoms with E-state index in [4.69, 9.17) is 0 Å². The topological polar surface area (TPSA) is 41.1 Å². The summed E-state index contributed by atoms with van der Waals surface area (Å²) in [4.78, 5) is 11.3. The molecule has 0 aromatic carbocycles. The number of carbonyl (C=O) groups excluding carboxylic acids is 1. The Balaban J connectivity index is 2.10. The molecule has 2 N–H and O–H groups in total. The molecule has 1 amide bonds. The van der Waals surface area contributed by atoms with Crippen molar-refractivity contribution in [1.82, 2.24) is 10.6 Å². The largest absolute Gasteiger partial charge is 0.356 e. The van der Waals surface area contributed by atoms with Gasteiger partial charge in [-0.2, -0.15) is 11.8 Å². The minimum Gasteiger partial charge on any atom is -0.356 e. The summed E-state index contributed by atoms with van der Waals surface area (Å²) in [5.74, 6) is 0.159. The Morgan fingerprint density at radius 1 is 1.44 bits per heavy atom. The van der Waals surface area contributed by atoms with E-state index in [-0.39, 0.29) is 5.91 Å². The molecule has 0 bridgehead atoms. The summed E-state index contributed by atoms with van der Waals surface area (Å²) in [7, 11) is 0. The van der Waals surface area contributed by atoms with Gasteiger partial charge in [-0.05, 0) is 32.4 Å². The van der Waals surface area contributed by atoms with E-state index in [1.165, 1.54) is 25.7 Å². The van der Waals surface area contributed by atoms with Gasteiger partial charge in [-0.15, -0.1) is 0 Å². The van der Waals surface area contributed by atoms with Crippen molar-refractivity contribution < 1.29 is 4.79 Å². The summed E-state index contributed by atoms with van der Waals surface area (Å²) in [5, 5.41) is 7.14. The van der Waals surface area contributed by atoms with Crippen LogP contribution in [0.5, 0.6) is 0 Å². The smallest absolute Gasteiger partial charge is 0.221 e. The van der Waals surface area contributed by atoms with E-state index in [0.717, 1.165) is 18.3 Å². The predicted molar refractivity (Wildman–Crippen MR) is 70.9 cm³/mol. The van der Waals surface area contributed by atoms with Gasteiger partial charge in [0.2, 0.25) is 5.91 Å². The van der Waals surface area contributed by atoms with Crippen LogP contribution in [-0.4, -0.2) is 36.5 Å². The quantitative estimate of drug-likeness (QED) is 0.748. The molecule has 0 radical (unpaired) electrons. The Labute approximate surface area is 103 Å². The fourth-order valence-electron chi connectivity index (χ4n) is 2.22. The Bertz CT molecular complexity index is 211. The lowest BCUT2D eigenvalue weighted by Gasteiger charge is -2.28. The summed E-state index contributed by atoms with van der Waals surface area (Å²) < 4.78 is 0. The van der Waals surface area contributed by atoms with Crippen LogP contribution < -0.4 is 10.6 Å². The van der Waals surface area contributed by atoms with Crippen molar-refractivity contribution in [1.29, 1.82) is 0 Å². The number of hydrogen-bond donors (Lipinski definition) is 2. The average molecular weight is 244 g/mol. The van der Waals surface area contributed by atoms with Crippen molar-refractivity contribution in [3.8, 4) is 0 Å². The van der Waals surface area contributed by atoms with E-state index in [1.807, 2.05) is 18.7 Å². The van der Waals surface area contributed by atoms with Crippen LogP contribution in [0.4, 0.5) is 0 Å². The molecule has 4 heteroatoms. The molecule has 3 nitrogen and oxygen atoms in total. The second-order valence-electron chi connectivity index (χ2n) is 4.38. The van der Waals surface area contributed by atoms with Gasteiger partial charge < -0.3 is 10.6 Å². The zero-order chi connectivity index (χ0) is 11.8. The maximum absolute atomic E-state index is 11.3. The lowest BCUT2D eigenvalue weighted by atomic mass is 9.95. The SMILES string of the molecule is CCNC(=O)CCNC1CCCC(SC)C1. The molecule has 0 heterocycles. The highest BCUT2D eigenvalue weighted by molar-refractivity contribution is 7.99. The first-order valence-electron chi connectivity index (χ1n) is 6.29. The normalized spacial score (nSPS) is 25.4. The van der Waals surface area contributed by atoms with Gasteiger partial charge in [0, 0.05) is 30.8 Å². The first-order chi connectivity index (χ1) is 7.76. The Hall–Kier alpha value is -0.220. The van der Waals surface area contributed by atoms with E-state index < -0.39 is 0 Å². The Morgan fingerprint density at radius 2 is 2.25 bits per heavy atom. The van der Waals surface area contributed by atoms with Crippen molar-refractivity contribution in [3.63, 3.8) is 0 Å². The predicted octanol–water partition coefficient (Wildman–Crippen LogP) is 1.78. The zero-order valence-electron chi connectivity index (χ0n) is 10.4. The Kier molecular flexibility index (Phi) is 6.88. The molecule has 2 atom stereocenters. The van der Waals surface area contributed by atoms with Crippen LogP contribution in [0.2, 0.25) is 0 Å². The monoisotopic (exact) mass is 244 g/mol. The molecule has 0 aromatic heterocycles.